The molecule has 0 bridgehead atoms. The molecular formula is C15H22N2O2. The summed E-state index contributed by atoms with van der Waals surface area (Å²) in [5.41, 5.74) is 6.00. The van der Waals surface area contributed by atoms with E-state index in [-0.39, 0.29) is 17.9 Å². The van der Waals surface area contributed by atoms with Crippen LogP contribution in [-0.4, -0.2) is 22.9 Å². The maximum atomic E-state index is 12.7. The summed E-state index contributed by atoms with van der Waals surface area (Å²) in [6.45, 7) is 0.613. The molecule has 0 aliphatic heterocycles. The second kappa shape index (κ2) is 5.37. The Bertz CT molecular complexity index is 425. The lowest BCUT2D eigenvalue weighted by Crippen LogP contribution is -2.41. The quantitative estimate of drug-likeness (QED) is 0.905. The molecule has 0 spiro atoms. The summed E-state index contributed by atoms with van der Waals surface area (Å²) < 4.78 is 5.38. The number of hydrogen-bond donors (Lipinski definition) is 1. The average Bonchev–Trinajstić information content (AvgIpc) is 3.12. The zero-order chi connectivity index (χ0) is 13.2. The van der Waals surface area contributed by atoms with Gasteiger partial charge < -0.3 is 15.1 Å². The van der Waals surface area contributed by atoms with Gasteiger partial charge in [-0.3, -0.25) is 4.79 Å². The minimum absolute atomic E-state index is 0.124. The Morgan fingerprint density at radius 1 is 1.37 bits per heavy atom. The van der Waals surface area contributed by atoms with Gasteiger partial charge in [0.2, 0.25) is 5.91 Å². The maximum absolute atomic E-state index is 12.7. The number of hydrogen-bond acceptors (Lipinski definition) is 3. The van der Waals surface area contributed by atoms with Crippen LogP contribution in [0.3, 0.4) is 0 Å². The van der Waals surface area contributed by atoms with E-state index in [1.165, 1.54) is 0 Å². The third-order valence-electron chi connectivity index (χ3n) is 4.24. The summed E-state index contributed by atoms with van der Waals surface area (Å²) in [6, 6.07) is 4.44. The fourth-order valence-electron chi connectivity index (χ4n) is 3.03. The van der Waals surface area contributed by atoms with Crippen molar-refractivity contribution in [2.45, 2.75) is 57.2 Å². The topological polar surface area (TPSA) is 59.5 Å². The predicted octanol–water partition coefficient (Wildman–Crippen LogP) is 2.29. The Kier molecular flexibility index (Phi) is 3.60. The molecule has 1 heterocycles. The third kappa shape index (κ3) is 3.00. The standard InChI is InChI=1S/C15H22N2O2/c16-12-4-1-3-11(9-12)15(18)17(13-6-7-13)10-14-5-2-8-19-14/h2,5,8,11-13H,1,3-4,6-7,9-10,16H2. The molecule has 0 radical (unpaired) electrons. The third-order valence-corrected chi connectivity index (χ3v) is 4.24. The number of carbonyl (C=O) groups excluding carboxylic acids is 1. The van der Waals surface area contributed by atoms with E-state index in [9.17, 15) is 4.79 Å². The van der Waals surface area contributed by atoms with Crippen molar-refractivity contribution in [1.29, 1.82) is 0 Å². The highest BCUT2D eigenvalue weighted by Gasteiger charge is 2.37. The maximum Gasteiger partial charge on any atom is 0.226 e. The van der Waals surface area contributed by atoms with Gasteiger partial charge in [-0.05, 0) is 44.2 Å². The van der Waals surface area contributed by atoms with Gasteiger partial charge in [0.15, 0.2) is 0 Å². The van der Waals surface area contributed by atoms with E-state index in [0.717, 1.165) is 44.3 Å². The first-order chi connectivity index (χ1) is 9.24. The van der Waals surface area contributed by atoms with Gasteiger partial charge >= 0.3 is 0 Å². The average molecular weight is 262 g/mol. The summed E-state index contributed by atoms with van der Waals surface area (Å²) in [5, 5.41) is 0. The first-order valence-corrected chi connectivity index (χ1v) is 7.32. The molecule has 4 nitrogen and oxygen atoms in total. The van der Waals surface area contributed by atoms with E-state index in [4.69, 9.17) is 10.2 Å². The highest BCUT2D eigenvalue weighted by Crippen LogP contribution is 2.33. The van der Waals surface area contributed by atoms with Gasteiger partial charge in [0.1, 0.15) is 5.76 Å². The van der Waals surface area contributed by atoms with Crippen LogP contribution in [0.2, 0.25) is 0 Å². The van der Waals surface area contributed by atoms with Crippen LogP contribution in [0.15, 0.2) is 22.8 Å². The summed E-state index contributed by atoms with van der Waals surface area (Å²) in [4.78, 5) is 14.7. The zero-order valence-corrected chi connectivity index (χ0v) is 11.3. The van der Waals surface area contributed by atoms with Gasteiger partial charge in [-0.15, -0.1) is 0 Å². The molecule has 2 N–H and O–H groups in total. The van der Waals surface area contributed by atoms with Crippen LogP contribution in [0.25, 0.3) is 0 Å². The van der Waals surface area contributed by atoms with Crippen LogP contribution >= 0.6 is 0 Å². The lowest BCUT2D eigenvalue weighted by atomic mass is 9.85. The van der Waals surface area contributed by atoms with Crippen molar-refractivity contribution in [2.75, 3.05) is 0 Å². The summed E-state index contributed by atoms with van der Waals surface area (Å²) >= 11 is 0. The van der Waals surface area contributed by atoms with Gasteiger partial charge in [-0.25, -0.2) is 0 Å². The first kappa shape index (κ1) is 12.7. The van der Waals surface area contributed by atoms with Crippen molar-refractivity contribution in [3.8, 4) is 0 Å². The Balaban J connectivity index is 1.67. The van der Waals surface area contributed by atoms with Crippen molar-refractivity contribution >= 4 is 5.91 Å². The van der Waals surface area contributed by atoms with E-state index < -0.39 is 0 Å². The number of nitrogens with two attached hydrogens (primary N) is 1. The van der Waals surface area contributed by atoms with Crippen LogP contribution < -0.4 is 5.73 Å². The molecule has 0 aromatic carbocycles. The second-order valence-electron chi connectivity index (χ2n) is 5.90. The van der Waals surface area contributed by atoms with E-state index in [0.29, 0.717) is 12.6 Å². The Hall–Kier alpha value is -1.29. The first-order valence-electron chi connectivity index (χ1n) is 7.32. The number of rotatable bonds is 4. The Morgan fingerprint density at radius 2 is 2.21 bits per heavy atom. The largest absolute Gasteiger partial charge is 0.467 e. The van der Waals surface area contributed by atoms with Crippen molar-refractivity contribution in [2.24, 2.45) is 11.7 Å². The molecule has 19 heavy (non-hydrogen) atoms. The molecule has 1 aromatic rings. The normalized spacial score (nSPS) is 27.2. The lowest BCUT2D eigenvalue weighted by molar-refractivity contribution is -0.138. The predicted molar refractivity (Wildman–Crippen MR) is 72.2 cm³/mol. The van der Waals surface area contributed by atoms with E-state index >= 15 is 0 Å². The molecule has 3 rings (SSSR count). The molecule has 2 fully saturated rings. The van der Waals surface area contributed by atoms with Gasteiger partial charge in [0.25, 0.3) is 0 Å². The number of amides is 1. The zero-order valence-electron chi connectivity index (χ0n) is 11.3. The van der Waals surface area contributed by atoms with Gasteiger partial charge in [-0.2, -0.15) is 0 Å². The summed E-state index contributed by atoms with van der Waals surface area (Å²) in [7, 11) is 0. The number of carbonyl (C=O) groups is 1. The Morgan fingerprint density at radius 3 is 2.84 bits per heavy atom. The van der Waals surface area contributed by atoms with E-state index in [1.807, 2.05) is 17.0 Å². The molecule has 2 unspecified atom stereocenters. The fourth-order valence-corrected chi connectivity index (χ4v) is 3.03. The van der Waals surface area contributed by atoms with Crippen molar-refractivity contribution in [3.63, 3.8) is 0 Å². The number of furan rings is 1. The summed E-state index contributed by atoms with van der Waals surface area (Å²) in [6.07, 6.45) is 7.91. The molecule has 2 atom stereocenters. The molecule has 2 aliphatic rings. The molecule has 0 saturated heterocycles. The lowest BCUT2D eigenvalue weighted by Gasteiger charge is -2.31. The van der Waals surface area contributed by atoms with Crippen LogP contribution in [0, 0.1) is 5.92 Å². The Labute approximate surface area is 113 Å². The highest BCUT2D eigenvalue weighted by molar-refractivity contribution is 5.79. The van der Waals surface area contributed by atoms with Crippen molar-refractivity contribution in [1.82, 2.24) is 4.90 Å². The minimum atomic E-state index is 0.124. The van der Waals surface area contributed by atoms with Crippen molar-refractivity contribution in [3.05, 3.63) is 24.2 Å². The molecule has 2 saturated carbocycles. The molecular weight excluding hydrogens is 240 g/mol. The van der Waals surface area contributed by atoms with Crippen LogP contribution in [0.5, 0.6) is 0 Å². The minimum Gasteiger partial charge on any atom is -0.467 e. The molecule has 2 aliphatic carbocycles. The molecule has 1 aromatic heterocycles. The van der Waals surface area contributed by atoms with E-state index in [2.05, 4.69) is 0 Å². The van der Waals surface area contributed by atoms with Gasteiger partial charge in [-0.1, -0.05) is 6.42 Å². The monoisotopic (exact) mass is 262 g/mol. The highest BCUT2D eigenvalue weighted by atomic mass is 16.3. The van der Waals surface area contributed by atoms with Gasteiger partial charge in [0, 0.05) is 18.0 Å². The summed E-state index contributed by atoms with van der Waals surface area (Å²) in [5.74, 6) is 1.29. The van der Waals surface area contributed by atoms with Crippen LogP contribution in [0.1, 0.15) is 44.3 Å². The smallest absolute Gasteiger partial charge is 0.226 e. The van der Waals surface area contributed by atoms with Crippen LogP contribution in [-0.2, 0) is 11.3 Å². The van der Waals surface area contributed by atoms with E-state index in [1.54, 1.807) is 6.26 Å². The number of nitrogens with zero attached hydrogens (tertiary/aromatic N) is 1. The molecule has 104 valence electrons. The SMILES string of the molecule is NC1CCCC(C(=O)N(Cc2ccco2)C2CC2)C1. The van der Waals surface area contributed by atoms with Crippen molar-refractivity contribution < 1.29 is 9.21 Å². The van der Waals surface area contributed by atoms with Crippen LogP contribution in [0.4, 0.5) is 0 Å². The molecule has 1 amide bonds. The fraction of sp³-hybridized carbons (Fsp3) is 0.667. The second-order valence-corrected chi connectivity index (χ2v) is 5.90. The molecule has 4 heteroatoms. The van der Waals surface area contributed by atoms with Gasteiger partial charge in [0.05, 0.1) is 12.8 Å².